The van der Waals surface area contributed by atoms with Gasteiger partial charge in [-0.05, 0) is 37.3 Å². The van der Waals surface area contributed by atoms with Gasteiger partial charge in [0.25, 0.3) is 5.69 Å². The number of carbonyl (C=O) groups excluding carboxylic acids is 1. The topological polar surface area (TPSA) is 76.0 Å². The Kier molecular flexibility index (Phi) is 3.76. The van der Waals surface area contributed by atoms with Crippen LogP contribution in [0, 0.1) is 17.0 Å². The van der Waals surface area contributed by atoms with Gasteiger partial charge in [0.15, 0.2) is 5.78 Å². The van der Waals surface area contributed by atoms with Gasteiger partial charge >= 0.3 is 0 Å². The van der Waals surface area contributed by atoms with Gasteiger partial charge in [-0.1, -0.05) is 18.2 Å². The number of aromatic nitrogens is 1. The lowest BCUT2D eigenvalue weighted by Crippen LogP contribution is -1.95. The molecule has 0 bridgehead atoms. The monoisotopic (exact) mass is 306 g/mol. The number of nitrogens with zero attached hydrogens (tertiary/aromatic N) is 1. The van der Waals surface area contributed by atoms with Gasteiger partial charge in [0, 0.05) is 39.9 Å². The van der Waals surface area contributed by atoms with Crippen LogP contribution in [-0.2, 0) is 0 Å². The summed E-state index contributed by atoms with van der Waals surface area (Å²) in [6.45, 7) is 1.95. The van der Waals surface area contributed by atoms with Crippen LogP contribution in [0.5, 0.6) is 0 Å². The molecule has 0 atom stereocenters. The number of allylic oxidation sites excluding steroid dienone is 1. The largest absolute Gasteiger partial charge is 0.358 e. The predicted molar refractivity (Wildman–Crippen MR) is 89.5 cm³/mol. The number of H-pyrrole nitrogens is 1. The first-order chi connectivity index (χ1) is 11.1. The lowest BCUT2D eigenvalue weighted by atomic mass is 10.1. The Morgan fingerprint density at radius 3 is 2.52 bits per heavy atom. The second-order valence-electron chi connectivity index (χ2n) is 5.21. The van der Waals surface area contributed by atoms with Crippen molar-refractivity contribution in [3.05, 3.63) is 81.5 Å². The molecule has 0 radical (unpaired) electrons. The maximum atomic E-state index is 12.2. The lowest BCUT2D eigenvalue weighted by molar-refractivity contribution is -0.384. The third-order valence-electron chi connectivity index (χ3n) is 3.71. The minimum Gasteiger partial charge on any atom is -0.358 e. The van der Waals surface area contributed by atoms with Gasteiger partial charge in [-0.15, -0.1) is 0 Å². The molecule has 0 fully saturated rings. The highest BCUT2D eigenvalue weighted by Crippen LogP contribution is 2.23. The average molecular weight is 306 g/mol. The molecule has 23 heavy (non-hydrogen) atoms. The van der Waals surface area contributed by atoms with Crippen LogP contribution in [0.2, 0.25) is 0 Å². The molecule has 1 N–H and O–H groups in total. The summed E-state index contributed by atoms with van der Waals surface area (Å²) >= 11 is 0. The molecule has 0 amide bonds. The van der Waals surface area contributed by atoms with Gasteiger partial charge in [-0.3, -0.25) is 14.9 Å². The molecule has 0 aliphatic rings. The molecule has 3 aromatic rings. The minimum atomic E-state index is -0.487. The van der Waals surface area contributed by atoms with Crippen LogP contribution in [0.4, 0.5) is 5.69 Å². The van der Waals surface area contributed by atoms with Crippen LogP contribution < -0.4 is 0 Å². The molecule has 114 valence electrons. The summed E-state index contributed by atoms with van der Waals surface area (Å²) in [6, 6.07) is 13.5. The quantitative estimate of drug-likeness (QED) is 0.338. The van der Waals surface area contributed by atoms with Crippen LogP contribution >= 0.6 is 0 Å². The molecular formula is C18H14N2O3. The van der Waals surface area contributed by atoms with E-state index in [-0.39, 0.29) is 11.5 Å². The summed E-state index contributed by atoms with van der Waals surface area (Å²) in [7, 11) is 0. The number of nitrogens with one attached hydrogen (secondary N) is 1. The number of hydrogen-bond acceptors (Lipinski definition) is 3. The summed E-state index contributed by atoms with van der Waals surface area (Å²) in [4.78, 5) is 25.6. The molecule has 0 saturated carbocycles. The van der Waals surface area contributed by atoms with Gasteiger partial charge < -0.3 is 4.98 Å². The van der Waals surface area contributed by atoms with Crippen molar-refractivity contribution in [2.45, 2.75) is 6.92 Å². The van der Waals surface area contributed by atoms with Crippen molar-refractivity contribution in [3.8, 4) is 0 Å². The van der Waals surface area contributed by atoms with Crippen LogP contribution in [-0.4, -0.2) is 15.7 Å². The Hall–Kier alpha value is -3.21. The fourth-order valence-corrected chi connectivity index (χ4v) is 2.52. The number of aromatic amines is 1. The van der Waals surface area contributed by atoms with Crippen LogP contribution in [0.1, 0.15) is 21.6 Å². The molecule has 0 saturated heterocycles. The Bertz CT molecular complexity index is 921. The first kappa shape index (κ1) is 14.7. The normalized spacial score (nSPS) is 11.2. The zero-order valence-electron chi connectivity index (χ0n) is 12.4. The van der Waals surface area contributed by atoms with Crippen molar-refractivity contribution >= 4 is 28.4 Å². The SMILES string of the molecule is Cc1[nH]c2ccccc2c1/C=C/C(=O)c1ccc([N+](=O)[O-])cc1. The molecule has 0 aliphatic carbocycles. The number of hydrogen-bond donors (Lipinski definition) is 1. The van der Waals surface area contributed by atoms with Crippen LogP contribution in [0.15, 0.2) is 54.6 Å². The van der Waals surface area contributed by atoms with E-state index in [0.29, 0.717) is 5.56 Å². The maximum Gasteiger partial charge on any atom is 0.269 e. The zero-order chi connectivity index (χ0) is 16.4. The molecule has 5 nitrogen and oxygen atoms in total. The minimum absolute atomic E-state index is 0.0296. The van der Waals surface area contributed by atoms with Crippen molar-refractivity contribution in [3.63, 3.8) is 0 Å². The average Bonchev–Trinajstić information content (AvgIpc) is 2.88. The predicted octanol–water partition coefficient (Wildman–Crippen LogP) is 4.28. The number of para-hydroxylation sites is 1. The van der Waals surface area contributed by atoms with Crippen LogP contribution in [0.25, 0.3) is 17.0 Å². The molecule has 5 heteroatoms. The number of non-ortho nitro benzene ring substituents is 1. The third kappa shape index (κ3) is 2.89. The Morgan fingerprint density at radius 2 is 1.83 bits per heavy atom. The molecule has 3 rings (SSSR count). The Labute approximate surface area is 132 Å². The molecule has 0 aliphatic heterocycles. The summed E-state index contributed by atoms with van der Waals surface area (Å²) in [6.07, 6.45) is 3.27. The van der Waals surface area contributed by atoms with Crippen molar-refractivity contribution < 1.29 is 9.72 Å². The van der Waals surface area contributed by atoms with E-state index in [0.717, 1.165) is 22.2 Å². The maximum absolute atomic E-state index is 12.2. The van der Waals surface area contributed by atoms with Gasteiger partial charge in [0.05, 0.1) is 4.92 Å². The highest BCUT2D eigenvalue weighted by molar-refractivity contribution is 6.08. The highest BCUT2D eigenvalue weighted by Gasteiger charge is 2.09. The van der Waals surface area contributed by atoms with E-state index in [1.807, 2.05) is 31.2 Å². The van der Waals surface area contributed by atoms with E-state index in [2.05, 4.69) is 4.98 Å². The molecule has 2 aromatic carbocycles. The van der Waals surface area contributed by atoms with Gasteiger partial charge in [-0.25, -0.2) is 0 Å². The number of fused-ring (bicyclic) bond motifs is 1. The Morgan fingerprint density at radius 1 is 1.13 bits per heavy atom. The summed E-state index contributed by atoms with van der Waals surface area (Å²) in [5.41, 5.74) is 3.37. The molecule has 1 heterocycles. The van der Waals surface area contributed by atoms with E-state index in [9.17, 15) is 14.9 Å². The number of aryl methyl sites for hydroxylation is 1. The number of nitro benzene ring substituents is 1. The number of benzene rings is 2. The smallest absolute Gasteiger partial charge is 0.269 e. The standard InChI is InChI=1S/C18H14N2O3/c1-12-15(16-4-2-3-5-17(16)19-12)10-11-18(21)13-6-8-14(9-7-13)20(22)23/h2-11,19H,1H3/b11-10+. The lowest BCUT2D eigenvalue weighted by Gasteiger charge is -1.97. The number of carbonyl (C=O) groups is 1. The first-order valence-electron chi connectivity index (χ1n) is 7.10. The van der Waals surface area contributed by atoms with Gasteiger partial charge in [0.2, 0.25) is 0 Å². The van der Waals surface area contributed by atoms with E-state index in [1.165, 1.54) is 30.3 Å². The van der Waals surface area contributed by atoms with E-state index < -0.39 is 4.92 Å². The van der Waals surface area contributed by atoms with Crippen molar-refractivity contribution in [1.29, 1.82) is 0 Å². The zero-order valence-corrected chi connectivity index (χ0v) is 12.4. The van der Waals surface area contributed by atoms with Crippen molar-refractivity contribution in [1.82, 2.24) is 4.98 Å². The first-order valence-corrected chi connectivity index (χ1v) is 7.10. The van der Waals surface area contributed by atoms with E-state index in [4.69, 9.17) is 0 Å². The second-order valence-corrected chi connectivity index (χ2v) is 5.21. The molecule has 0 spiro atoms. The Balaban J connectivity index is 1.88. The highest BCUT2D eigenvalue weighted by atomic mass is 16.6. The number of ketones is 1. The molecule has 0 unspecified atom stereocenters. The summed E-state index contributed by atoms with van der Waals surface area (Å²) in [5.74, 6) is -0.190. The molecule has 1 aromatic heterocycles. The van der Waals surface area contributed by atoms with E-state index in [1.54, 1.807) is 6.08 Å². The van der Waals surface area contributed by atoms with Crippen molar-refractivity contribution in [2.75, 3.05) is 0 Å². The van der Waals surface area contributed by atoms with Crippen molar-refractivity contribution in [2.24, 2.45) is 0 Å². The number of rotatable bonds is 4. The fraction of sp³-hybridized carbons (Fsp3) is 0.0556. The van der Waals surface area contributed by atoms with Crippen LogP contribution in [0.3, 0.4) is 0 Å². The summed E-state index contributed by atoms with van der Waals surface area (Å²) in [5, 5.41) is 11.7. The second kappa shape index (κ2) is 5.88. The third-order valence-corrected chi connectivity index (χ3v) is 3.71. The van der Waals surface area contributed by atoms with E-state index >= 15 is 0 Å². The number of nitro groups is 1. The van der Waals surface area contributed by atoms with Gasteiger partial charge in [-0.2, -0.15) is 0 Å². The fourth-order valence-electron chi connectivity index (χ4n) is 2.52. The van der Waals surface area contributed by atoms with Gasteiger partial charge in [0.1, 0.15) is 0 Å². The molecular weight excluding hydrogens is 292 g/mol. The summed E-state index contributed by atoms with van der Waals surface area (Å²) < 4.78 is 0.